The highest BCUT2D eigenvalue weighted by Crippen LogP contribution is 2.21. The Bertz CT molecular complexity index is 1110. The number of carbonyl (C=O) groups excluding carboxylic acids is 2. The van der Waals surface area contributed by atoms with Gasteiger partial charge in [0.15, 0.2) is 0 Å². The lowest BCUT2D eigenvalue weighted by Gasteiger charge is -2.17. The molecule has 0 spiro atoms. The SMILES string of the molecule is Cc1ccc(CN2CC(C(=O)NCc3ccc(-n4ccnc4C)c(F)c3)CC2=O)cc1. The standard InChI is InChI=1S/C24H25FN4O2/c1-16-3-5-18(6-4-16)14-28-15-20(12-23(28)30)24(31)27-13-19-7-8-22(21(25)11-19)29-10-9-26-17(29)2/h3-11,20H,12-15H2,1-2H3,(H,27,31). The zero-order valence-electron chi connectivity index (χ0n) is 17.6. The molecule has 1 N–H and O–H groups in total. The summed E-state index contributed by atoms with van der Waals surface area (Å²) in [6.45, 7) is 4.93. The molecule has 1 aliphatic heterocycles. The molecule has 1 fully saturated rings. The van der Waals surface area contributed by atoms with Crippen molar-refractivity contribution in [1.82, 2.24) is 19.8 Å². The summed E-state index contributed by atoms with van der Waals surface area (Å²) in [6.07, 6.45) is 3.52. The van der Waals surface area contributed by atoms with Gasteiger partial charge in [-0.15, -0.1) is 0 Å². The molecule has 1 atom stereocenters. The lowest BCUT2D eigenvalue weighted by molar-refractivity contribution is -0.129. The second-order valence-corrected chi connectivity index (χ2v) is 8.01. The first-order chi connectivity index (χ1) is 14.9. The Hall–Kier alpha value is -3.48. The van der Waals surface area contributed by atoms with Crippen molar-refractivity contribution in [1.29, 1.82) is 0 Å². The molecule has 3 aromatic rings. The Balaban J connectivity index is 1.33. The average Bonchev–Trinajstić information content (AvgIpc) is 3.33. The maximum Gasteiger partial charge on any atom is 0.225 e. The number of rotatable bonds is 6. The van der Waals surface area contributed by atoms with Gasteiger partial charge in [-0.2, -0.15) is 0 Å². The summed E-state index contributed by atoms with van der Waals surface area (Å²) >= 11 is 0. The zero-order chi connectivity index (χ0) is 22.0. The number of aromatic nitrogens is 2. The van der Waals surface area contributed by atoms with Crippen LogP contribution in [0, 0.1) is 25.6 Å². The van der Waals surface area contributed by atoms with Gasteiger partial charge in [-0.1, -0.05) is 35.9 Å². The van der Waals surface area contributed by atoms with Gasteiger partial charge in [-0.05, 0) is 37.1 Å². The molecule has 2 heterocycles. The van der Waals surface area contributed by atoms with Gasteiger partial charge in [0, 0.05) is 38.4 Å². The molecule has 1 unspecified atom stereocenters. The fourth-order valence-electron chi connectivity index (χ4n) is 3.84. The number of hydrogen-bond acceptors (Lipinski definition) is 3. The molecule has 6 nitrogen and oxygen atoms in total. The number of amides is 2. The van der Waals surface area contributed by atoms with Crippen LogP contribution < -0.4 is 5.32 Å². The Morgan fingerprint density at radius 2 is 1.90 bits per heavy atom. The van der Waals surface area contributed by atoms with Crippen molar-refractivity contribution in [2.75, 3.05) is 6.54 Å². The first kappa shape index (κ1) is 20.8. The van der Waals surface area contributed by atoms with E-state index in [1.54, 1.807) is 40.9 Å². The Kier molecular flexibility index (Phi) is 5.84. The van der Waals surface area contributed by atoms with Gasteiger partial charge in [0.2, 0.25) is 11.8 Å². The van der Waals surface area contributed by atoms with Crippen molar-refractivity contribution in [3.8, 4) is 5.69 Å². The minimum absolute atomic E-state index is 0.0215. The molecular formula is C24H25FN4O2. The summed E-state index contributed by atoms with van der Waals surface area (Å²) in [5.41, 5.74) is 3.29. The van der Waals surface area contributed by atoms with E-state index in [0.29, 0.717) is 30.2 Å². The van der Waals surface area contributed by atoms with Gasteiger partial charge in [-0.25, -0.2) is 9.37 Å². The van der Waals surface area contributed by atoms with E-state index in [-0.39, 0.29) is 30.6 Å². The lowest BCUT2D eigenvalue weighted by atomic mass is 10.1. The van der Waals surface area contributed by atoms with Crippen LogP contribution in [-0.4, -0.2) is 32.8 Å². The predicted octanol–water partition coefficient (Wildman–Crippen LogP) is 3.29. The Morgan fingerprint density at radius 1 is 1.16 bits per heavy atom. The van der Waals surface area contributed by atoms with Crippen molar-refractivity contribution >= 4 is 11.8 Å². The number of nitrogens with zero attached hydrogens (tertiary/aromatic N) is 3. The van der Waals surface area contributed by atoms with Gasteiger partial charge < -0.3 is 14.8 Å². The lowest BCUT2D eigenvalue weighted by Crippen LogP contribution is -2.32. The van der Waals surface area contributed by atoms with E-state index >= 15 is 0 Å². The van der Waals surface area contributed by atoms with Gasteiger partial charge in [0.05, 0.1) is 11.6 Å². The van der Waals surface area contributed by atoms with E-state index in [1.165, 1.54) is 11.6 Å². The van der Waals surface area contributed by atoms with Crippen LogP contribution in [0.3, 0.4) is 0 Å². The smallest absolute Gasteiger partial charge is 0.225 e. The molecule has 4 rings (SSSR count). The molecule has 7 heteroatoms. The molecule has 31 heavy (non-hydrogen) atoms. The molecule has 2 amide bonds. The largest absolute Gasteiger partial charge is 0.352 e. The number of aryl methyl sites for hydroxylation is 2. The van der Waals surface area contributed by atoms with Crippen LogP contribution >= 0.6 is 0 Å². The summed E-state index contributed by atoms with van der Waals surface area (Å²) < 4.78 is 16.2. The molecule has 0 saturated carbocycles. The number of imidazole rings is 1. The van der Waals surface area contributed by atoms with E-state index in [2.05, 4.69) is 10.3 Å². The maximum atomic E-state index is 14.5. The van der Waals surface area contributed by atoms with Gasteiger partial charge >= 0.3 is 0 Å². The van der Waals surface area contributed by atoms with Gasteiger partial charge in [0.1, 0.15) is 11.6 Å². The predicted molar refractivity (Wildman–Crippen MR) is 115 cm³/mol. The van der Waals surface area contributed by atoms with Crippen LogP contribution in [0.25, 0.3) is 5.69 Å². The zero-order valence-corrected chi connectivity index (χ0v) is 17.6. The van der Waals surface area contributed by atoms with E-state index < -0.39 is 5.92 Å². The second kappa shape index (κ2) is 8.71. The monoisotopic (exact) mass is 420 g/mol. The molecule has 0 aliphatic carbocycles. The average molecular weight is 420 g/mol. The molecule has 0 bridgehead atoms. The number of carbonyl (C=O) groups is 2. The maximum absolute atomic E-state index is 14.5. The number of benzene rings is 2. The molecule has 1 saturated heterocycles. The summed E-state index contributed by atoms with van der Waals surface area (Å²) in [7, 11) is 0. The van der Waals surface area contributed by atoms with Crippen LogP contribution in [0.4, 0.5) is 4.39 Å². The first-order valence-corrected chi connectivity index (χ1v) is 10.3. The summed E-state index contributed by atoms with van der Waals surface area (Å²) in [5, 5.41) is 2.84. The fraction of sp³-hybridized carbons (Fsp3) is 0.292. The van der Waals surface area contributed by atoms with Crippen LogP contribution in [0.15, 0.2) is 54.9 Å². The van der Waals surface area contributed by atoms with Crippen LogP contribution in [0.2, 0.25) is 0 Å². The number of halogens is 1. The third-order valence-corrected chi connectivity index (χ3v) is 5.64. The molecule has 1 aromatic heterocycles. The van der Waals surface area contributed by atoms with Crippen LogP contribution in [-0.2, 0) is 22.7 Å². The first-order valence-electron chi connectivity index (χ1n) is 10.3. The van der Waals surface area contributed by atoms with Crippen molar-refractivity contribution in [2.24, 2.45) is 5.92 Å². The topological polar surface area (TPSA) is 67.2 Å². The number of nitrogens with one attached hydrogen (secondary N) is 1. The quantitative estimate of drug-likeness (QED) is 0.665. The van der Waals surface area contributed by atoms with Crippen molar-refractivity contribution in [3.63, 3.8) is 0 Å². The van der Waals surface area contributed by atoms with Gasteiger partial charge in [-0.3, -0.25) is 9.59 Å². The molecule has 2 aromatic carbocycles. The number of likely N-dealkylation sites (tertiary alicyclic amines) is 1. The van der Waals surface area contributed by atoms with Crippen molar-refractivity contribution in [2.45, 2.75) is 33.4 Å². The second-order valence-electron chi connectivity index (χ2n) is 8.01. The van der Waals surface area contributed by atoms with E-state index in [1.807, 2.05) is 31.2 Å². The van der Waals surface area contributed by atoms with Crippen molar-refractivity contribution in [3.05, 3.63) is 83.2 Å². The van der Waals surface area contributed by atoms with Crippen molar-refractivity contribution < 1.29 is 14.0 Å². The normalized spacial score (nSPS) is 16.0. The number of hydrogen-bond donors (Lipinski definition) is 1. The summed E-state index contributed by atoms with van der Waals surface area (Å²) in [6, 6.07) is 12.9. The van der Waals surface area contributed by atoms with E-state index in [0.717, 1.165) is 5.56 Å². The summed E-state index contributed by atoms with van der Waals surface area (Å²) in [5.74, 6) is -0.286. The van der Waals surface area contributed by atoms with Crippen LogP contribution in [0.1, 0.15) is 28.9 Å². The molecule has 0 radical (unpaired) electrons. The third kappa shape index (κ3) is 4.66. The highest BCUT2D eigenvalue weighted by atomic mass is 19.1. The van der Waals surface area contributed by atoms with E-state index in [9.17, 15) is 14.0 Å². The van der Waals surface area contributed by atoms with Crippen LogP contribution in [0.5, 0.6) is 0 Å². The van der Waals surface area contributed by atoms with E-state index in [4.69, 9.17) is 0 Å². The third-order valence-electron chi connectivity index (χ3n) is 5.64. The minimum Gasteiger partial charge on any atom is -0.352 e. The molecular weight excluding hydrogens is 395 g/mol. The summed E-state index contributed by atoms with van der Waals surface area (Å²) in [4.78, 5) is 30.8. The van der Waals surface area contributed by atoms with Gasteiger partial charge in [0.25, 0.3) is 0 Å². The highest BCUT2D eigenvalue weighted by Gasteiger charge is 2.34. The Labute approximate surface area is 180 Å². The molecule has 1 aliphatic rings. The highest BCUT2D eigenvalue weighted by molar-refractivity contribution is 5.89. The Morgan fingerprint density at radius 3 is 2.58 bits per heavy atom. The fourth-order valence-corrected chi connectivity index (χ4v) is 3.84. The molecule has 160 valence electrons. The minimum atomic E-state index is -0.393.